The molecule has 3 aromatic rings. The average Bonchev–Trinajstić information content (AvgIpc) is 3.14. The Morgan fingerprint density at radius 3 is 2.77 bits per heavy atom. The van der Waals surface area contributed by atoms with Crippen LogP contribution in [0.4, 0.5) is 0 Å². The first-order valence-corrected chi connectivity index (χ1v) is 7.80. The molecule has 22 heavy (non-hydrogen) atoms. The van der Waals surface area contributed by atoms with Crippen LogP contribution in [0.5, 0.6) is 0 Å². The molecule has 112 valence electrons. The third-order valence-electron chi connectivity index (χ3n) is 3.45. The molecule has 2 heterocycles. The van der Waals surface area contributed by atoms with E-state index in [2.05, 4.69) is 10.3 Å². The predicted molar refractivity (Wildman–Crippen MR) is 86.9 cm³/mol. The summed E-state index contributed by atoms with van der Waals surface area (Å²) in [5, 5.41) is 2.90. The highest BCUT2D eigenvalue weighted by atomic mass is 32.1. The van der Waals surface area contributed by atoms with Crippen molar-refractivity contribution in [2.24, 2.45) is 0 Å². The highest BCUT2D eigenvalue weighted by molar-refractivity contribution is 7.15. The molecule has 0 atom stereocenters. The van der Waals surface area contributed by atoms with Crippen molar-refractivity contribution in [3.05, 3.63) is 64.5 Å². The Bertz CT molecular complexity index is 804. The number of carbonyl (C=O) groups is 1. The first-order chi connectivity index (χ1) is 10.6. The number of hydrogen-bond acceptors (Lipinski definition) is 4. The van der Waals surface area contributed by atoms with Crippen LogP contribution >= 0.6 is 11.3 Å². The molecule has 0 radical (unpaired) electrons. The summed E-state index contributed by atoms with van der Waals surface area (Å²) in [6.45, 7) is 4.52. The number of aromatic nitrogens is 1. The Kier molecular flexibility index (Phi) is 4.06. The van der Waals surface area contributed by atoms with Crippen LogP contribution in [-0.2, 0) is 6.54 Å². The zero-order valence-corrected chi connectivity index (χ0v) is 13.2. The summed E-state index contributed by atoms with van der Waals surface area (Å²) in [7, 11) is 0. The van der Waals surface area contributed by atoms with Gasteiger partial charge in [0.15, 0.2) is 17.8 Å². The van der Waals surface area contributed by atoms with Gasteiger partial charge in [-0.05, 0) is 37.1 Å². The van der Waals surface area contributed by atoms with E-state index in [9.17, 15) is 4.79 Å². The minimum Gasteiger partial charge on any atom is -0.442 e. The van der Waals surface area contributed by atoms with Gasteiger partial charge in [-0.2, -0.15) is 0 Å². The van der Waals surface area contributed by atoms with Crippen molar-refractivity contribution in [2.75, 3.05) is 0 Å². The highest BCUT2D eigenvalue weighted by Crippen LogP contribution is 2.30. The Labute approximate surface area is 132 Å². The summed E-state index contributed by atoms with van der Waals surface area (Å²) in [4.78, 5) is 18.5. The lowest BCUT2D eigenvalue weighted by molar-refractivity contribution is 0.0947. The standard InChI is InChI=1S/C17H16N2O2S/c1-11-5-3-4-6-13(11)9-18-17(20)15-16(21-10-19-15)14-8-7-12(2)22-14/h3-8,10H,9H2,1-2H3,(H,18,20). The van der Waals surface area contributed by atoms with Crippen molar-refractivity contribution < 1.29 is 9.21 Å². The average molecular weight is 312 g/mol. The van der Waals surface area contributed by atoms with E-state index in [0.29, 0.717) is 18.0 Å². The second-order valence-corrected chi connectivity index (χ2v) is 6.34. The van der Waals surface area contributed by atoms with Crippen molar-refractivity contribution in [1.29, 1.82) is 0 Å². The summed E-state index contributed by atoms with van der Waals surface area (Å²) in [6, 6.07) is 11.9. The minimum atomic E-state index is -0.224. The monoisotopic (exact) mass is 312 g/mol. The second-order valence-electron chi connectivity index (χ2n) is 5.05. The van der Waals surface area contributed by atoms with Gasteiger partial charge in [-0.1, -0.05) is 24.3 Å². The number of aryl methyl sites for hydroxylation is 2. The zero-order chi connectivity index (χ0) is 15.5. The molecule has 4 nitrogen and oxygen atoms in total. The number of hydrogen-bond donors (Lipinski definition) is 1. The van der Waals surface area contributed by atoms with Crippen LogP contribution in [0.2, 0.25) is 0 Å². The van der Waals surface area contributed by atoms with Gasteiger partial charge in [0.25, 0.3) is 5.91 Å². The summed E-state index contributed by atoms with van der Waals surface area (Å²) >= 11 is 1.58. The fourth-order valence-electron chi connectivity index (χ4n) is 2.21. The van der Waals surface area contributed by atoms with Crippen LogP contribution in [0.25, 0.3) is 10.6 Å². The van der Waals surface area contributed by atoms with Gasteiger partial charge in [0.05, 0.1) is 4.88 Å². The normalized spacial score (nSPS) is 10.6. The van der Waals surface area contributed by atoms with Crippen LogP contribution in [0, 0.1) is 13.8 Å². The molecule has 0 saturated heterocycles. The van der Waals surface area contributed by atoms with Gasteiger partial charge in [-0.25, -0.2) is 4.98 Å². The Balaban J connectivity index is 1.76. The van der Waals surface area contributed by atoms with Gasteiger partial charge in [0.1, 0.15) is 0 Å². The van der Waals surface area contributed by atoms with E-state index in [0.717, 1.165) is 20.9 Å². The number of thiophene rings is 1. The van der Waals surface area contributed by atoms with Gasteiger partial charge in [-0.3, -0.25) is 4.79 Å². The number of carbonyl (C=O) groups excluding carboxylic acids is 1. The molecular weight excluding hydrogens is 296 g/mol. The maximum atomic E-state index is 12.4. The maximum Gasteiger partial charge on any atom is 0.274 e. The molecular formula is C17H16N2O2S. The van der Waals surface area contributed by atoms with Crippen LogP contribution < -0.4 is 5.32 Å². The number of rotatable bonds is 4. The summed E-state index contributed by atoms with van der Waals surface area (Å²) in [6.07, 6.45) is 1.31. The van der Waals surface area contributed by atoms with E-state index in [4.69, 9.17) is 4.42 Å². The molecule has 2 aromatic heterocycles. The van der Waals surface area contributed by atoms with Crippen LogP contribution in [0.1, 0.15) is 26.5 Å². The van der Waals surface area contributed by atoms with E-state index in [1.165, 1.54) is 6.39 Å². The van der Waals surface area contributed by atoms with E-state index in [-0.39, 0.29) is 5.91 Å². The van der Waals surface area contributed by atoms with Gasteiger partial charge in [0, 0.05) is 11.4 Å². The first-order valence-electron chi connectivity index (χ1n) is 6.98. The van der Waals surface area contributed by atoms with Crippen LogP contribution in [0.15, 0.2) is 47.2 Å². The van der Waals surface area contributed by atoms with E-state index >= 15 is 0 Å². The quantitative estimate of drug-likeness (QED) is 0.793. The lowest BCUT2D eigenvalue weighted by atomic mass is 10.1. The third kappa shape index (κ3) is 2.94. The molecule has 0 unspecified atom stereocenters. The SMILES string of the molecule is Cc1ccc(-c2ocnc2C(=O)NCc2ccccc2C)s1. The number of nitrogens with one attached hydrogen (secondary N) is 1. The van der Waals surface area contributed by atoms with Crippen molar-refractivity contribution in [3.8, 4) is 10.6 Å². The van der Waals surface area contributed by atoms with Crippen LogP contribution in [0.3, 0.4) is 0 Å². The Morgan fingerprint density at radius 2 is 2.05 bits per heavy atom. The number of oxazole rings is 1. The predicted octanol–water partition coefficient (Wildman–Crippen LogP) is 3.95. The topological polar surface area (TPSA) is 55.1 Å². The molecule has 0 aliphatic carbocycles. The van der Waals surface area contributed by atoms with Gasteiger partial charge in [0.2, 0.25) is 0 Å². The van der Waals surface area contributed by atoms with Crippen molar-refractivity contribution in [3.63, 3.8) is 0 Å². The summed E-state index contributed by atoms with van der Waals surface area (Å²) in [5.41, 5.74) is 2.57. The molecule has 1 amide bonds. The fraction of sp³-hybridized carbons (Fsp3) is 0.176. The Hall–Kier alpha value is -2.40. The largest absolute Gasteiger partial charge is 0.442 e. The van der Waals surface area contributed by atoms with E-state index in [1.54, 1.807) is 11.3 Å². The molecule has 0 saturated carbocycles. The molecule has 0 fully saturated rings. The Morgan fingerprint density at radius 1 is 1.23 bits per heavy atom. The molecule has 3 rings (SSSR count). The second kappa shape index (κ2) is 6.15. The van der Waals surface area contributed by atoms with Crippen LogP contribution in [-0.4, -0.2) is 10.9 Å². The van der Waals surface area contributed by atoms with E-state index in [1.807, 2.05) is 50.2 Å². The van der Waals surface area contributed by atoms with Crippen molar-refractivity contribution >= 4 is 17.2 Å². The van der Waals surface area contributed by atoms with E-state index < -0.39 is 0 Å². The first kappa shape index (κ1) is 14.5. The van der Waals surface area contributed by atoms with Crippen molar-refractivity contribution in [1.82, 2.24) is 10.3 Å². The van der Waals surface area contributed by atoms with Crippen molar-refractivity contribution in [2.45, 2.75) is 20.4 Å². The summed E-state index contributed by atoms with van der Waals surface area (Å²) in [5.74, 6) is 0.304. The molecule has 1 N–H and O–H groups in total. The molecule has 0 aliphatic rings. The zero-order valence-electron chi connectivity index (χ0n) is 12.4. The third-order valence-corrected chi connectivity index (χ3v) is 4.45. The lowest BCUT2D eigenvalue weighted by Gasteiger charge is -2.07. The fourth-order valence-corrected chi connectivity index (χ4v) is 3.06. The highest BCUT2D eigenvalue weighted by Gasteiger charge is 2.19. The number of benzene rings is 1. The van der Waals surface area contributed by atoms with Gasteiger partial charge < -0.3 is 9.73 Å². The summed E-state index contributed by atoms with van der Waals surface area (Å²) < 4.78 is 5.40. The molecule has 0 aliphatic heterocycles. The molecule has 0 bridgehead atoms. The molecule has 1 aromatic carbocycles. The number of amides is 1. The minimum absolute atomic E-state index is 0.224. The molecule has 0 spiro atoms. The smallest absolute Gasteiger partial charge is 0.274 e. The molecule has 5 heteroatoms. The number of nitrogens with zero attached hydrogens (tertiary/aromatic N) is 1. The lowest BCUT2D eigenvalue weighted by Crippen LogP contribution is -2.24. The maximum absolute atomic E-state index is 12.4. The van der Waals surface area contributed by atoms with Gasteiger partial charge >= 0.3 is 0 Å². The van der Waals surface area contributed by atoms with Gasteiger partial charge in [-0.15, -0.1) is 11.3 Å².